The van der Waals surface area contributed by atoms with Gasteiger partial charge in [0.25, 0.3) is 0 Å². The van der Waals surface area contributed by atoms with E-state index in [1.165, 1.54) is 334 Å². The Labute approximate surface area is 575 Å². The maximum absolute atomic E-state index is 10.3. The first-order valence-electron chi connectivity index (χ1n) is 36.0. The quantitative estimate of drug-likeness (QED) is 0.0347. The Hall–Kier alpha value is 0.374. The van der Waals surface area contributed by atoms with Crippen LogP contribution in [0.5, 0.6) is 0 Å². The van der Waals surface area contributed by atoms with Gasteiger partial charge in [-0.15, -0.1) is 0 Å². The van der Waals surface area contributed by atoms with Crippen molar-refractivity contribution in [2.75, 3.05) is 0 Å². The maximum atomic E-state index is 10.3. The third-order valence-electron chi connectivity index (χ3n) is 16.0. The van der Waals surface area contributed by atoms with E-state index in [0.29, 0.717) is 25.7 Å². The fraction of sp³-hybridized carbons (Fsp3) is 0.944. The molecule has 480 valence electrons. The topological polar surface area (TPSA) is 149 Å². The molecule has 0 aliphatic heterocycles. The molecule has 0 saturated carbocycles. The van der Waals surface area contributed by atoms with Gasteiger partial charge in [0.2, 0.25) is 0 Å². The minimum absolute atomic E-state index is 0. The van der Waals surface area contributed by atoms with E-state index in [1.807, 2.05) is 0 Å². The van der Waals surface area contributed by atoms with Crippen LogP contribution in [0.4, 0.5) is 0 Å². The summed E-state index contributed by atoms with van der Waals surface area (Å²) in [7, 11) is 0. The fourth-order valence-corrected chi connectivity index (χ4v) is 10.6. The molecule has 0 aliphatic carbocycles. The number of hydrogen-bond acceptors (Lipinski definition) is 4. The summed E-state index contributed by atoms with van der Waals surface area (Å²) in [5.74, 6) is -2.61. The summed E-state index contributed by atoms with van der Waals surface area (Å²) in [4.78, 5) is 41.3. The summed E-state index contributed by atoms with van der Waals surface area (Å²) in [6.45, 7) is 9.08. The van der Waals surface area contributed by atoms with E-state index in [4.69, 9.17) is 20.4 Å². The molecule has 0 aromatic carbocycles. The number of hydrogen-bond donors (Lipinski definition) is 4. The van der Waals surface area contributed by atoms with Gasteiger partial charge >= 0.3 is 102 Å². The van der Waals surface area contributed by atoms with Gasteiger partial charge in [-0.1, -0.05) is 387 Å². The molecule has 0 saturated heterocycles. The number of carboxylic acids is 4. The zero-order valence-electron chi connectivity index (χ0n) is 57.5. The van der Waals surface area contributed by atoms with Crippen molar-refractivity contribution in [3.05, 3.63) is 0 Å². The molecular formula is C72H144O8Zn4+8. The average molecular weight is 1400 g/mol. The first kappa shape index (κ1) is 101. The minimum atomic E-state index is -0.653. The molecule has 0 rings (SSSR count). The normalized spacial score (nSPS) is 10.3. The van der Waals surface area contributed by atoms with Gasteiger partial charge in [0.1, 0.15) is 0 Å². The smallest absolute Gasteiger partial charge is 0.481 e. The van der Waals surface area contributed by atoms with Gasteiger partial charge in [-0.25, -0.2) is 0 Å². The van der Waals surface area contributed by atoms with Crippen LogP contribution < -0.4 is 0 Å². The number of carboxylic acid groups (broad SMARTS) is 4. The van der Waals surface area contributed by atoms with Gasteiger partial charge in [0, 0.05) is 25.7 Å². The van der Waals surface area contributed by atoms with Crippen molar-refractivity contribution in [1.82, 2.24) is 0 Å². The van der Waals surface area contributed by atoms with Gasteiger partial charge in [-0.2, -0.15) is 0 Å². The Morgan fingerprint density at radius 1 is 0.155 bits per heavy atom. The zero-order valence-corrected chi connectivity index (χ0v) is 69.4. The number of carbonyl (C=O) groups is 4. The van der Waals surface area contributed by atoms with E-state index in [2.05, 4.69) is 27.7 Å². The standard InChI is InChI=1S/4C18H36O2.4Zn/c4*1-2-3-4-5-6-7-8-9-10-11-12-13-14-15-16-17-18(19)20;;;;/h4*2-17H2,1H3,(H,19,20);;;;/q;;;;4*+2. The summed E-state index contributed by atoms with van der Waals surface area (Å²) >= 11 is 0. The van der Waals surface area contributed by atoms with Crippen molar-refractivity contribution in [1.29, 1.82) is 0 Å². The van der Waals surface area contributed by atoms with Crippen molar-refractivity contribution >= 4 is 23.9 Å². The fourth-order valence-electron chi connectivity index (χ4n) is 10.6. The second-order valence-electron chi connectivity index (χ2n) is 24.4. The van der Waals surface area contributed by atoms with E-state index < -0.39 is 23.9 Å². The van der Waals surface area contributed by atoms with E-state index >= 15 is 0 Å². The van der Waals surface area contributed by atoms with Crippen molar-refractivity contribution in [3.8, 4) is 0 Å². The summed E-state index contributed by atoms with van der Waals surface area (Å²) in [5.41, 5.74) is 0. The predicted octanol–water partition coefficient (Wildman–Crippen LogP) is 25.3. The van der Waals surface area contributed by atoms with Gasteiger partial charge in [-0.3, -0.25) is 19.2 Å². The van der Waals surface area contributed by atoms with Crippen molar-refractivity contribution in [2.24, 2.45) is 0 Å². The van der Waals surface area contributed by atoms with Crippen LogP contribution in [-0.2, 0) is 97.1 Å². The Kier molecular flexibility index (Phi) is 116. The minimum Gasteiger partial charge on any atom is -0.481 e. The molecule has 8 nitrogen and oxygen atoms in total. The van der Waals surface area contributed by atoms with Crippen LogP contribution in [0, 0.1) is 0 Å². The second-order valence-corrected chi connectivity index (χ2v) is 24.4. The number of unbranched alkanes of at least 4 members (excludes halogenated alkanes) is 56. The Bertz CT molecular complexity index is 1010. The number of aliphatic carboxylic acids is 4. The third-order valence-corrected chi connectivity index (χ3v) is 16.0. The number of rotatable bonds is 64. The molecule has 0 unspecified atom stereocenters. The molecule has 12 heteroatoms. The molecule has 0 aromatic rings. The Morgan fingerprint density at radius 2 is 0.226 bits per heavy atom. The van der Waals surface area contributed by atoms with Gasteiger partial charge in [-0.05, 0) is 25.7 Å². The molecule has 4 N–H and O–H groups in total. The largest absolute Gasteiger partial charge is 2.00 e. The molecule has 0 fully saturated rings. The van der Waals surface area contributed by atoms with E-state index in [0.717, 1.165) is 51.4 Å². The third kappa shape index (κ3) is 117. The van der Waals surface area contributed by atoms with Crippen molar-refractivity contribution in [2.45, 2.75) is 439 Å². The Balaban J connectivity index is -0.000000150. The van der Waals surface area contributed by atoms with Crippen LogP contribution >= 0.6 is 0 Å². The van der Waals surface area contributed by atoms with Gasteiger partial charge in [0.15, 0.2) is 0 Å². The molecule has 0 spiro atoms. The summed E-state index contributed by atoms with van der Waals surface area (Å²) in [6.07, 6.45) is 80.8. The van der Waals surface area contributed by atoms with Crippen LogP contribution in [0.3, 0.4) is 0 Å². The maximum Gasteiger partial charge on any atom is 2.00 e. The molecule has 84 heavy (non-hydrogen) atoms. The summed E-state index contributed by atoms with van der Waals surface area (Å²) < 4.78 is 0. The molecule has 0 aliphatic rings. The molecule has 0 amide bonds. The van der Waals surface area contributed by atoms with E-state index in [1.54, 1.807) is 0 Å². The molecule has 0 atom stereocenters. The summed E-state index contributed by atoms with van der Waals surface area (Å²) in [6, 6.07) is 0. The molecule has 0 radical (unpaired) electrons. The molecular weight excluding hydrogens is 1250 g/mol. The van der Waals surface area contributed by atoms with Gasteiger partial charge < -0.3 is 20.4 Å². The predicted molar refractivity (Wildman–Crippen MR) is 349 cm³/mol. The van der Waals surface area contributed by atoms with Crippen LogP contribution in [0.1, 0.15) is 439 Å². The van der Waals surface area contributed by atoms with E-state index in [-0.39, 0.29) is 77.9 Å². The van der Waals surface area contributed by atoms with Crippen LogP contribution in [0.15, 0.2) is 0 Å². The Morgan fingerprint density at radius 3 is 0.298 bits per heavy atom. The summed E-state index contributed by atoms with van der Waals surface area (Å²) in [5, 5.41) is 34.1. The van der Waals surface area contributed by atoms with E-state index in [9.17, 15) is 19.2 Å². The second kappa shape index (κ2) is 97.0. The zero-order chi connectivity index (χ0) is 59.6. The first-order chi connectivity index (χ1) is 39.1. The average Bonchev–Trinajstić information content (AvgIpc) is 3.43. The molecule has 0 heterocycles. The SMILES string of the molecule is CCCCCCCCCCCCCCCCCC(=O)O.CCCCCCCCCCCCCCCCCC(=O)O.CCCCCCCCCCCCCCCCCC(=O)O.CCCCCCCCCCCCCCCCCC(=O)O.[Zn+2].[Zn+2].[Zn+2].[Zn+2]. The monoisotopic (exact) mass is 1390 g/mol. The molecule has 0 bridgehead atoms. The van der Waals surface area contributed by atoms with Gasteiger partial charge in [0.05, 0.1) is 0 Å². The first-order valence-corrected chi connectivity index (χ1v) is 36.0. The van der Waals surface area contributed by atoms with Crippen LogP contribution in [0.2, 0.25) is 0 Å². The van der Waals surface area contributed by atoms with Crippen LogP contribution in [-0.4, -0.2) is 44.3 Å². The van der Waals surface area contributed by atoms with Crippen molar-refractivity contribution < 1.29 is 118 Å². The molecule has 0 aromatic heterocycles. The van der Waals surface area contributed by atoms with Crippen LogP contribution in [0.25, 0.3) is 0 Å². The van der Waals surface area contributed by atoms with Crippen molar-refractivity contribution in [3.63, 3.8) is 0 Å².